The third kappa shape index (κ3) is 3.79. The van der Waals surface area contributed by atoms with Gasteiger partial charge in [0.25, 0.3) is 0 Å². The van der Waals surface area contributed by atoms with Gasteiger partial charge in [0.1, 0.15) is 0 Å². The number of fused-ring (bicyclic) bond motifs is 1. The van der Waals surface area contributed by atoms with Crippen LogP contribution in [0.25, 0.3) is 0 Å². The summed E-state index contributed by atoms with van der Waals surface area (Å²) >= 11 is 0. The predicted octanol–water partition coefficient (Wildman–Crippen LogP) is 3.12. The molecule has 1 saturated heterocycles. The van der Waals surface area contributed by atoms with Crippen LogP contribution in [-0.4, -0.2) is 48.4 Å². The summed E-state index contributed by atoms with van der Waals surface area (Å²) in [6.45, 7) is 2.64. The summed E-state index contributed by atoms with van der Waals surface area (Å²) in [4.78, 5) is 15.7. The van der Waals surface area contributed by atoms with Crippen molar-refractivity contribution in [2.45, 2.75) is 64.0 Å². The van der Waals surface area contributed by atoms with Crippen molar-refractivity contribution < 1.29 is 13.2 Å². The summed E-state index contributed by atoms with van der Waals surface area (Å²) in [7, 11) is -3.15. The van der Waals surface area contributed by atoms with Gasteiger partial charge in [0.05, 0.1) is 11.8 Å². The Morgan fingerprint density at radius 2 is 1.81 bits per heavy atom. The highest BCUT2D eigenvalue weighted by atomic mass is 32.2. The third-order valence-electron chi connectivity index (χ3n) is 6.43. The van der Waals surface area contributed by atoms with Crippen LogP contribution in [0.3, 0.4) is 0 Å². The van der Waals surface area contributed by atoms with Crippen molar-refractivity contribution in [3.63, 3.8) is 0 Å². The van der Waals surface area contributed by atoms with Gasteiger partial charge in [-0.3, -0.25) is 4.79 Å². The SMILES string of the molecule is CCS(=O)(=O)N1CCC(C(=O)N(C2CC2)C2CCCc3ccccc32)CC1. The van der Waals surface area contributed by atoms with Gasteiger partial charge in [-0.15, -0.1) is 0 Å². The molecule has 5 nitrogen and oxygen atoms in total. The van der Waals surface area contributed by atoms with E-state index in [4.69, 9.17) is 0 Å². The monoisotopic (exact) mass is 390 g/mol. The van der Waals surface area contributed by atoms with Crippen molar-refractivity contribution in [3.8, 4) is 0 Å². The molecule has 27 heavy (non-hydrogen) atoms. The minimum atomic E-state index is -3.15. The molecule has 1 unspecified atom stereocenters. The summed E-state index contributed by atoms with van der Waals surface area (Å²) < 4.78 is 25.8. The van der Waals surface area contributed by atoms with Crippen molar-refractivity contribution in [1.29, 1.82) is 0 Å². The summed E-state index contributed by atoms with van der Waals surface area (Å²) in [5, 5.41) is 0. The molecule has 6 heteroatoms. The zero-order chi connectivity index (χ0) is 19.0. The molecule has 2 fully saturated rings. The van der Waals surface area contributed by atoms with Crippen molar-refractivity contribution >= 4 is 15.9 Å². The molecule has 1 aromatic rings. The molecular weight excluding hydrogens is 360 g/mol. The first-order chi connectivity index (χ1) is 13.0. The molecule has 0 bridgehead atoms. The molecule has 148 valence electrons. The van der Waals surface area contributed by atoms with Crippen LogP contribution in [-0.2, 0) is 21.2 Å². The summed E-state index contributed by atoms with van der Waals surface area (Å²) in [5.41, 5.74) is 2.71. The average Bonchev–Trinajstić information content (AvgIpc) is 3.53. The van der Waals surface area contributed by atoms with Gasteiger partial charge >= 0.3 is 0 Å². The first kappa shape index (κ1) is 18.9. The van der Waals surface area contributed by atoms with E-state index in [1.807, 2.05) is 0 Å². The van der Waals surface area contributed by atoms with Crippen LogP contribution in [0.2, 0.25) is 0 Å². The van der Waals surface area contributed by atoms with Gasteiger partial charge in [0, 0.05) is 25.0 Å². The Bertz CT molecular complexity index is 795. The number of hydrogen-bond donors (Lipinski definition) is 0. The zero-order valence-electron chi connectivity index (χ0n) is 16.1. The summed E-state index contributed by atoms with van der Waals surface area (Å²) in [6.07, 6.45) is 6.78. The quantitative estimate of drug-likeness (QED) is 0.776. The number of nitrogens with zero attached hydrogens (tertiary/aromatic N) is 2. The number of rotatable bonds is 5. The van der Waals surface area contributed by atoms with Gasteiger partial charge in [-0.1, -0.05) is 24.3 Å². The lowest BCUT2D eigenvalue weighted by Crippen LogP contribution is -2.46. The van der Waals surface area contributed by atoms with E-state index in [-0.39, 0.29) is 23.6 Å². The smallest absolute Gasteiger partial charge is 0.226 e. The van der Waals surface area contributed by atoms with Gasteiger partial charge in [-0.05, 0) is 63.0 Å². The Labute approximate surface area is 162 Å². The Morgan fingerprint density at radius 3 is 2.48 bits per heavy atom. The van der Waals surface area contributed by atoms with E-state index in [2.05, 4.69) is 29.2 Å². The third-order valence-corrected chi connectivity index (χ3v) is 8.31. The van der Waals surface area contributed by atoms with Gasteiger partial charge in [0.15, 0.2) is 0 Å². The van der Waals surface area contributed by atoms with Crippen LogP contribution in [0.5, 0.6) is 0 Å². The van der Waals surface area contributed by atoms with Crippen LogP contribution >= 0.6 is 0 Å². The van der Waals surface area contributed by atoms with E-state index in [0.717, 1.165) is 32.1 Å². The zero-order valence-corrected chi connectivity index (χ0v) is 17.0. The van der Waals surface area contributed by atoms with Crippen molar-refractivity contribution in [3.05, 3.63) is 35.4 Å². The maximum Gasteiger partial charge on any atom is 0.226 e. The number of carbonyl (C=O) groups is 1. The predicted molar refractivity (Wildman–Crippen MR) is 106 cm³/mol. The Kier molecular flexibility index (Phi) is 5.30. The molecule has 1 heterocycles. The topological polar surface area (TPSA) is 57.7 Å². The van der Waals surface area contributed by atoms with Crippen LogP contribution < -0.4 is 0 Å². The minimum absolute atomic E-state index is 0.0389. The maximum absolute atomic E-state index is 13.5. The molecule has 0 spiro atoms. The van der Waals surface area contributed by atoms with Crippen molar-refractivity contribution in [2.24, 2.45) is 5.92 Å². The Hall–Kier alpha value is -1.40. The Morgan fingerprint density at radius 1 is 1.11 bits per heavy atom. The average molecular weight is 391 g/mol. The number of sulfonamides is 1. The highest BCUT2D eigenvalue weighted by Gasteiger charge is 2.42. The number of benzene rings is 1. The summed E-state index contributed by atoms with van der Waals surface area (Å²) in [6, 6.07) is 9.15. The number of aryl methyl sites for hydroxylation is 1. The molecule has 1 atom stereocenters. The van der Waals surface area contributed by atoms with E-state index in [9.17, 15) is 13.2 Å². The lowest BCUT2D eigenvalue weighted by atomic mass is 9.85. The van der Waals surface area contributed by atoms with E-state index in [1.165, 1.54) is 11.1 Å². The highest BCUT2D eigenvalue weighted by Crippen LogP contribution is 2.42. The number of piperidine rings is 1. The molecule has 1 saturated carbocycles. The molecule has 0 radical (unpaired) electrons. The molecule has 0 aromatic heterocycles. The van der Waals surface area contributed by atoms with Crippen LogP contribution in [0, 0.1) is 5.92 Å². The maximum atomic E-state index is 13.5. The van der Waals surface area contributed by atoms with Crippen molar-refractivity contribution in [1.82, 2.24) is 9.21 Å². The largest absolute Gasteiger partial charge is 0.332 e. The fourth-order valence-corrected chi connectivity index (χ4v) is 5.86. The normalized spacial score (nSPS) is 24.4. The number of carbonyl (C=O) groups excluding carboxylic acids is 1. The molecule has 2 aliphatic carbocycles. The van der Waals surface area contributed by atoms with E-state index < -0.39 is 10.0 Å². The van der Waals surface area contributed by atoms with Gasteiger partial charge < -0.3 is 4.90 Å². The highest BCUT2D eigenvalue weighted by molar-refractivity contribution is 7.89. The summed E-state index contributed by atoms with van der Waals surface area (Å²) in [5.74, 6) is 0.356. The first-order valence-corrected chi connectivity index (χ1v) is 12.0. The lowest BCUT2D eigenvalue weighted by molar-refractivity contribution is -0.140. The molecule has 3 aliphatic rings. The van der Waals surface area contributed by atoms with Crippen LogP contribution in [0.1, 0.15) is 62.6 Å². The fraction of sp³-hybridized carbons (Fsp3) is 0.667. The van der Waals surface area contributed by atoms with Gasteiger partial charge in [-0.2, -0.15) is 0 Å². The van der Waals surface area contributed by atoms with Crippen molar-refractivity contribution in [2.75, 3.05) is 18.8 Å². The van der Waals surface area contributed by atoms with Gasteiger partial charge in [-0.25, -0.2) is 12.7 Å². The second-order valence-electron chi connectivity index (χ2n) is 8.16. The molecule has 1 aliphatic heterocycles. The molecule has 4 rings (SSSR count). The lowest BCUT2D eigenvalue weighted by Gasteiger charge is -2.40. The molecule has 1 aromatic carbocycles. The first-order valence-electron chi connectivity index (χ1n) is 10.4. The number of hydrogen-bond acceptors (Lipinski definition) is 3. The van der Waals surface area contributed by atoms with Gasteiger partial charge in [0.2, 0.25) is 15.9 Å². The standard InChI is InChI=1S/C21H30N2O3S/c1-2-27(25,26)22-14-12-17(13-15-22)21(24)23(18-10-11-18)20-9-5-7-16-6-3-4-8-19(16)20/h3-4,6,8,17-18,20H,2,5,7,9-15H2,1H3. The number of amides is 1. The second-order valence-corrected chi connectivity index (χ2v) is 10.4. The fourth-order valence-electron chi connectivity index (χ4n) is 4.73. The van der Waals surface area contributed by atoms with E-state index >= 15 is 0 Å². The van der Waals surface area contributed by atoms with Crippen LogP contribution in [0.4, 0.5) is 0 Å². The molecule has 0 N–H and O–H groups in total. The van der Waals surface area contributed by atoms with E-state index in [1.54, 1.807) is 11.2 Å². The minimum Gasteiger partial charge on any atom is -0.332 e. The van der Waals surface area contributed by atoms with Crippen LogP contribution in [0.15, 0.2) is 24.3 Å². The molecule has 1 amide bonds. The molecular formula is C21H30N2O3S. The second kappa shape index (κ2) is 7.55. The van der Waals surface area contributed by atoms with E-state index in [0.29, 0.717) is 32.0 Å². The Balaban J connectivity index is 1.50.